The molecule has 7 heteroatoms. The van der Waals surface area contributed by atoms with E-state index in [2.05, 4.69) is 12.1 Å². The molecule has 2 aromatic rings. The van der Waals surface area contributed by atoms with Crippen molar-refractivity contribution in [1.29, 1.82) is 0 Å². The number of aryl methyl sites for hydroxylation is 2. The number of nitrogens with zero attached hydrogens (tertiary/aromatic N) is 3. The number of aromatic nitrogens is 2. The molecule has 0 N–H and O–H groups in total. The fourth-order valence-electron chi connectivity index (χ4n) is 4.65. The van der Waals surface area contributed by atoms with Gasteiger partial charge in [-0.25, -0.2) is 0 Å². The van der Waals surface area contributed by atoms with Gasteiger partial charge >= 0.3 is 0 Å². The minimum atomic E-state index is -0.0933. The molecule has 1 fully saturated rings. The smallest absolute Gasteiger partial charge is 0.259 e. The third kappa shape index (κ3) is 4.02. The van der Waals surface area contributed by atoms with Gasteiger partial charge in [-0.05, 0) is 51.9 Å². The quantitative estimate of drug-likeness (QED) is 0.765. The average molecular weight is 414 g/mol. The number of carbonyl (C=O) groups excluding carboxylic acids is 1. The van der Waals surface area contributed by atoms with E-state index in [-0.39, 0.29) is 18.1 Å². The summed E-state index contributed by atoms with van der Waals surface area (Å²) in [4.78, 5) is 28.5. The lowest BCUT2D eigenvalue weighted by molar-refractivity contribution is 0.0675. The van der Waals surface area contributed by atoms with Crippen LogP contribution in [0.2, 0.25) is 0 Å². The van der Waals surface area contributed by atoms with Crippen LogP contribution in [0.3, 0.4) is 0 Å². The minimum Gasteiger partial charge on any atom is -0.488 e. The van der Waals surface area contributed by atoms with Crippen LogP contribution in [0, 0.1) is 19.8 Å². The van der Waals surface area contributed by atoms with E-state index in [9.17, 15) is 9.59 Å². The van der Waals surface area contributed by atoms with Gasteiger partial charge in [0.05, 0.1) is 11.3 Å². The first kappa shape index (κ1) is 20.7. The van der Waals surface area contributed by atoms with Gasteiger partial charge in [0.25, 0.3) is 11.5 Å². The zero-order valence-corrected chi connectivity index (χ0v) is 18.2. The summed E-state index contributed by atoms with van der Waals surface area (Å²) in [5, 5.41) is 3.97. The fourth-order valence-corrected chi connectivity index (χ4v) is 4.65. The molecule has 7 nitrogen and oxygen atoms in total. The first-order chi connectivity index (χ1) is 14.5. The number of carbonyl (C=O) groups is 1. The SMILES string of the molecule is Cc1noc(C)c1COc1cc(=O)n2c(c1C(=O)N1CCC[C@@H](C)C1)CCCCC2. The fraction of sp³-hybridized carbons (Fsp3) is 0.609. The number of fused-ring (bicyclic) bond motifs is 1. The van der Waals surface area contributed by atoms with E-state index in [4.69, 9.17) is 9.26 Å². The number of ether oxygens (including phenoxy) is 1. The summed E-state index contributed by atoms with van der Waals surface area (Å²) < 4.78 is 13.1. The topological polar surface area (TPSA) is 77.6 Å². The largest absolute Gasteiger partial charge is 0.488 e. The average Bonchev–Trinajstić information content (AvgIpc) is 2.91. The summed E-state index contributed by atoms with van der Waals surface area (Å²) in [6.45, 7) is 8.28. The van der Waals surface area contributed by atoms with Crippen LogP contribution < -0.4 is 10.3 Å². The molecule has 2 aliphatic rings. The third-order valence-corrected chi connectivity index (χ3v) is 6.39. The lowest BCUT2D eigenvalue weighted by Gasteiger charge is -2.32. The second-order valence-electron chi connectivity index (χ2n) is 8.72. The molecule has 0 aromatic carbocycles. The first-order valence-electron chi connectivity index (χ1n) is 11.1. The van der Waals surface area contributed by atoms with E-state index in [0.29, 0.717) is 29.5 Å². The zero-order chi connectivity index (χ0) is 21.3. The maximum absolute atomic E-state index is 13.7. The van der Waals surface area contributed by atoms with Crippen molar-refractivity contribution in [2.75, 3.05) is 13.1 Å². The molecule has 0 spiro atoms. The Morgan fingerprint density at radius 3 is 2.80 bits per heavy atom. The standard InChI is InChI=1S/C23H31N3O4/c1-15-8-7-10-25(13-15)23(28)22-19-9-5-4-6-11-26(19)21(27)12-20(22)29-14-18-16(2)24-30-17(18)3/h12,15H,4-11,13-14H2,1-3H3/t15-/m1/s1. The number of hydrogen-bond acceptors (Lipinski definition) is 5. The maximum Gasteiger partial charge on any atom is 0.259 e. The van der Waals surface area contributed by atoms with Gasteiger partial charge in [0.2, 0.25) is 0 Å². The van der Waals surface area contributed by atoms with E-state index in [1.807, 2.05) is 18.7 Å². The van der Waals surface area contributed by atoms with Crippen molar-refractivity contribution in [3.05, 3.63) is 44.7 Å². The molecule has 0 aliphatic carbocycles. The van der Waals surface area contributed by atoms with Gasteiger partial charge in [0, 0.05) is 31.4 Å². The van der Waals surface area contributed by atoms with Crippen molar-refractivity contribution in [2.24, 2.45) is 5.92 Å². The molecular formula is C23H31N3O4. The molecule has 0 saturated carbocycles. The Morgan fingerprint density at radius 1 is 1.23 bits per heavy atom. The number of piperidine rings is 1. The van der Waals surface area contributed by atoms with Crippen LogP contribution in [0.15, 0.2) is 15.4 Å². The highest BCUT2D eigenvalue weighted by atomic mass is 16.5. The second-order valence-corrected chi connectivity index (χ2v) is 8.72. The summed E-state index contributed by atoms with van der Waals surface area (Å²) in [6.07, 6.45) is 5.87. The predicted molar refractivity (Wildman–Crippen MR) is 113 cm³/mol. The van der Waals surface area contributed by atoms with Crippen LogP contribution in [-0.2, 0) is 19.6 Å². The summed E-state index contributed by atoms with van der Waals surface area (Å²) >= 11 is 0. The van der Waals surface area contributed by atoms with Crippen LogP contribution in [-0.4, -0.2) is 33.6 Å². The molecule has 0 unspecified atom stereocenters. The summed E-state index contributed by atoms with van der Waals surface area (Å²) in [7, 11) is 0. The Kier molecular flexibility index (Phi) is 5.97. The van der Waals surface area contributed by atoms with Crippen LogP contribution in [0.1, 0.15) is 72.1 Å². The number of hydrogen-bond donors (Lipinski definition) is 0. The number of amides is 1. The molecule has 162 valence electrons. The van der Waals surface area contributed by atoms with E-state index in [1.54, 1.807) is 4.57 Å². The van der Waals surface area contributed by atoms with Crippen LogP contribution in [0.4, 0.5) is 0 Å². The van der Waals surface area contributed by atoms with Gasteiger partial charge in [0.1, 0.15) is 23.7 Å². The predicted octanol–water partition coefficient (Wildman–Crippen LogP) is 3.63. The molecule has 1 atom stereocenters. The lowest BCUT2D eigenvalue weighted by Crippen LogP contribution is -2.40. The minimum absolute atomic E-state index is 0.0130. The molecule has 1 saturated heterocycles. The number of pyridine rings is 1. The van der Waals surface area contributed by atoms with Crippen molar-refractivity contribution >= 4 is 5.91 Å². The highest BCUT2D eigenvalue weighted by Gasteiger charge is 2.29. The van der Waals surface area contributed by atoms with Gasteiger partial charge in [0.15, 0.2) is 0 Å². The third-order valence-electron chi connectivity index (χ3n) is 6.39. The van der Waals surface area contributed by atoms with Gasteiger partial charge in [-0.3, -0.25) is 9.59 Å². The van der Waals surface area contributed by atoms with Crippen molar-refractivity contribution in [2.45, 2.75) is 72.4 Å². The molecule has 0 bridgehead atoms. The molecule has 30 heavy (non-hydrogen) atoms. The highest BCUT2D eigenvalue weighted by molar-refractivity contribution is 5.98. The van der Waals surface area contributed by atoms with Crippen molar-refractivity contribution in [1.82, 2.24) is 14.6 Å². The van der Waals surface area contributed by atoms with Crippen LogP contribution >= 0.6 is 0 Å². The van der Waals surface area contributed by atoms with Crippen molar-refractivity contribution in [3.8, 4) is 5.75 Å². The Bertz CT molecular complexity index is 972. The zero-order valence-electron chi connectivity index (χ0n) is 18.2. The van der Waals surface area contributed by atoms with Gasteiger partial charge in [-0.2, -0.15) is 0 Å². The summed E-state index contributed by atoms with van der Waals surface area (Å²) in [6, 6.07) is 1.49. The van der Waals surface area contributed by atoms with Crippen molar-refractivity contribution < 1.29 is 14.1 Å². The van der Waals surface area contributed by atoms with Crippen LogP contribution in [0.5, 0.6) is 5.75 Å². The molecule has 1 amide bonds. The monoisotopic (exact) mass is 413 g/mol. The molecule has 2 aromatic heterocycles. The Hall–Kier alpha value is -2.57. The van der Waals surface area contributed by atoms with Gasteiger partial charge in [-0.15, -0.1) is 0 Å². The maximum atomic E-state index is 13.7. The van der Waals surface area contributed by atoms with E-state index in [1.165, 1.54) is 6.07 Å². The summed E-state index contributed by atoms with van der Waals surface area (Å²) in [5.74, 6) is 1.55. The van der Waals surface area contributed by atoms with Crippen LogP contribution in [0.25, 0.3) is 0 Å². The molecule has 4 rings (SSSR count). The van der Waals surface area contributed by atoms with E-state index >= 15 is 0 Å². The van der Waals surface area contributed by atoms with Gasteiger partial charge in [-0.1, -0.05) is 18.5 Å². The Morgan fingerprint density at radius 2 is 2.07 bits per heavy atom. The number of rotatable bonds is 4. The normalized spacial score (nSPS) is 19.3. The van der Waals surface area contributed by atoms with E-state index < -0.39 is 0 Å². The lowest BCUT2D eigenvalue weighted by atomic mass is 9.98. The van der Waals surface area contributed by atoms with Gasteiger partial charge < -0.3 is 18.7 Å². The molecular weight excluding hydrogens is 382 g/mol. The molecule has 0 radical (unpaired) electrons. The molecule has 2 aliphatic heterocycles. The highest BCUT2D eigenvalue weighted by Crippen LogP contribution is 2.29. The van der Waals surface area contributed by atoms with Crippen molar-refractivity contribution in [3.63, 3.8) is 0 Å². The second kappa shape index (κ2) is 8.66. The number of likely N-dealkylation sites (tertiary alicyclic amines) is 1. The van der Waals surface area contributed by atoms with E-state index in [0.717, 1.165) is 68.6 Å². The first-order valence-corrected chi connectivity index (χ1v) is 11.1. The Balaban J connectivity index is 1.74. The molecule has 4 heterocycles. The summed E-state index contributed by atoms with van der Waals surface area (Å²) in [5.41, 5.74) is 2.92. The Labute approximate surface area is 177 Å².